The Morgan fingerprint density at radius 2 is 2.16 bits per heavy atom. The van der Waals surface area contributed by atoms with Gasteiger partial charge < -0.3 is 10.6 Å². The number of fused-ring (bicyclic) bond motifs is 1. The number of hydrogen-bond donors (Lipinski definition) is 2. The second-order valence-corrected chi connectivity index (χ2v) is 5.73. The highest BCUT2D eigenvalue weighted by atomic mass is 35.5. The molecule has 0 spiro atoms. The monoisotopic (exact) mass is 296 g/mol. The molecule has 19 heavy (non-hydrogen) atoms. The first kappa shape index (κ1) is 14.3. The Morgan fingerprint density at radius 1 is 1.37 bits per heavy atom. The number of nitrogens with one attached hydrogen (secondary N) is 2. The molecule has 0 aliphatic rings. The molecule has 2 N–H and O–H groups in total. The highest BCUT2D eigenvalue weighted by Gasteiger charge is 2.09. The quantitative estimate of drug-likeness (QED) is 0.804. The van der Waals surface area contributed by atoms with E-state index in [2.05, 4.69) is 16.7 Å². The van der Waals surface area contributed by atoms with Crippen LogP contribution in [0.4, 0.5) is 0 Å². The van der Waals surface area contributed by atoms with Gasteiger partial charge in [0.1, 0.15) is 0 Å². The van der Waals surface area contributed by atoms with Crippen molar-refractivity contribution in [1.29, 1.82) is 0 Å². The predicted molar refractivity (Wildman–Crippen MR) is 81.8 cm³/mol. The van der Waals surface area contributed by atoms with E-state index in [9.17, 15) is 4.79 Å². The smallest absolute Gasteiger partial charge is 0.221 e. The third-order valence-electron chi connectivity index (χ3n) is 2.79. The molecule has 102 valence electrons. The molecule has 1 aromatic heterocycles. The SMILES string of the molecule is CCNC(=O)CCNCc1sc2ccccc2c1Cl. The molecule has 1 amide bonds. The minimum atomic E-state index is 0.0810. The van der Waals surface area contributed by atoms with Crippen LogP contribution in [0.2, 0.25) is 5.02 Å². The summed E-state index contributed by atoms with van der Waals surface area (Å²) in [4.78, 5) is 12.4. The minimum absolute atomic E-state index is 0.0810. The number of carbonyl (C=O) groups excluding carboxylic acids is 1. The van der Waals surface area contributed by atoms with E-state index >= 15 is 0 Å². The Balaban J connectivity index is 1.88. The zero-order chi connectivity index (χ0) is 13.7. The molecule has 0 aliphatic heterocycles. The van der Waals surface area contributed by atoms with Crippen LogP contribution in [0.5, 0.6) is 0 Å². The van der Waals surface area contributed by atoms with Crippen LogP contribution in [0.1, 0.15) is 18.2 Å². The molecular formula is C14H17ClN2OS. The molecule has 1 aromatic carbocycles. The Kier molecular flexibility index (Phi) is 5.19. The van der Waals surface area contributed by atoms with Gasteiger partial charge in [0, 0.05) is 41.0 Å². The van der Waals surface area contributed by atoms with Crippen LogP contribution >= 0.6 is 22.9 Å². The summed E-state index contributed by atoms with van der Waals surface area (Å²) in [6.07, 6.45) is 0.496. The maximum Gasteiger partial charge on any atom is 0.221 e. The first-order chi connectivity index (χ1) is 9.22. The van der Waals surface area contributed by atoms with E-state index in [4.69, 9.17) is 11.6 Å². The van der Waals surface area contributed by atoms with Crippen molar-refractivity contribution in [2.45, 2.75) is 19.9 Å². The van der Waals surface area contributed by atoms with Crippen LogP contribution in [0, 0.1) is 0 Å². The third kappa shape index (κ3) is 3.69. The first-order valence-electron chi connectivity index (χ1n) is 6.35. The maximum absolute atomic E-state index is 11.3. The molecule has 0 aliphatic carbocycles. The van der Waals surface area contributed by atoms with Gasteiger partial charge in [-0.1, -0.05) is 29.8 Å². The number of amides is 1. The van der Waals surface area contributed by atoms with Crippen molar-refractivity contribution in [3.8, 4) is 0 Å². The Bertz CT molecular complexity index is 568. The molecule has 1 heterocycles. The van der Waals surface area contributed by atoms with Crippen molar-refractivity contribution >= 4 is 38.9 Å². The summed E-state index contributed by atoms with van der Waals surface area (Å²) in [5.41, 5.74) is 0. The zero-order valence-electron chi connectivity index (χ0n) is 10.8. The fourth-order valence-corrected chi connectivity index (χ4v) is 3.34. The molecule has 2 rings (SSSR count). The van der Waals surface area contributed by atoms with Gasteiger partial charge in [-0.25, -0.2) is 0 Å². The van der Waals surface area contributed by atoms with Crippen molar-refractivity contribution in [3.05, 3.63) is 34.2 Å². The van der Waals surface area contributed by atoms with E-state index in [0.717, 1.165) is 15.3 Å². The van der Waals surface area contributed by atoms with Crippen molar-refractivity contribution in [2.75, 3.05) is 13.1 Å². The van der Waals surface area contributed by atoms with E-state index in [1.54, 1.807) is 11.3 Å². The molecule has 0 bridgehead atoms. The lowest BCUT2D eigenvalue weighted by molar-refractivity contribution is -0.120. The molecule has 0 fully saturated rings. The van der Waals surface area contributed by atoms with Crippen LogP contribution in [-0.2, 0) is 11.3 Å². The van der Waals surface area contributed by atoms with Crippen LogP contribution < -0.4 is 10.6 Å². The van der Waals surface area contributed by atoms with Gasteiger partial charge in [-0.2, -0.15) is 0 Å². The second kappa shape index (κ2) is 6.89. The number of hydrogen-bond acceptors (Lipinski definition) is 3. The van der Waals surface area contributed by atoms with Gasteiger partial charge in [0.25, 0.3) is 0 Å². The summed E-state index contributed by atoms with van der Waals surface area (Å²) >= 11 is 8.04. The zero-order valence-corrected chi connectivity index (χ0v) is 12.4. The minimum Gasteiger partial charge on any atom is -0.356 e. The summed E-state index contributed by atoms with van der Waals surface area (Å²) in [5.74, 6) is 0.0810. The molecule has 0 saturated carbocycles. The number of rotatable bonds is 6. The van der Waals surface area contributed by atoms with Crippen LogP contribution in [0.3, 0.4) is 0 Å². The molecule has 2 aromatic rings. The highest BCUT2D eigenvalue weighted by Crippen LogP contribution is 2.34. The van der Waals surface area contributed by atoms with E-state index in [1.807, 2.05) is 25.1 Å². The third-order valence-corrected chi connectivity index (χ3v) is 4.50. The standard InChI is InChI=1S/C14H17ClN2OS/c1-2-17-13(18)7-8-16-9-12-14(15)10-5-3-4-6-11(10)19-12/h3-6,16H,2,7-9H2,1H3,(H,17,18). The number of thiophene rings is 1. The number of carbonyl (C=O) groups is 1. The fourth-order valence-electron chi connectivity index (χ4n) is 1.87. The van der Waals surface area contributed by atoms with E-state index < -0.39 is 0 Å². The van der Waals surface area contributed by atoms with E-state index in [1.165, 1.54) is 4.70 Å². The Labute approximate surface area is 122 Å². The average molecular weight is 297 g/mol. The summed E-state index contributed by atoms with van der Waals surface area (Å²) in [7, 11) is 0. The van der Waals surface area contributed by atoms with E-state index in [0.29, 0.717) is 26.1 Å². The molecule has 0 saturated heterocycles. The molecule has 0 atom stereocenters. The van der Waals surface area contributed by atoms with Crippen LogP contribution in [-0.4, -0.2) is 19.0 Å². The van der Waals surface area contributed by atoms with Crippen molar-refractivity contribution in [2.24, 2.45) is 0 Å². The predicted octanol–water partition coefficient (Wildman–Crippen LogP) is 3.17. The van der Waals surface area contributed by atoms with Gasteiger partial charge >= 0.3 is 0 Å². The van der Waals surface area contributed by atoms with Crippen molar-refractivity contribution < 1.29 is 4.79 Å². The highest BCUT2D eigenvalue weighted by molar-refractivity contribution is 7.19. The van der Waals surface area contributed by atoms with E-state index in [-0.39, 0.29) is 5.91 Å². The summed E-state index contributed by atoms with van der Waals surface area (Å²) in [6.45, 7) is 3.97. The van der Waals surface area contributed by atoms with Gasteiger partial charge in [-0.3, -0.25) is 4.79 Å². The molecule has 3 nitrogen and oxygen atoms in total. The van der Waals surface area contributed by atoms with Crippen LogP contribution in [0.15, 0.2) is 24.3 Å². The summed E-state index contributed by atoms with van der Waals surface area (Å²) in [6, 6.07) is 8.12. The van der Waals surface area contributed by atoms with Gasteiger partial charge in [0.2, 0.25) is 5.91 Å². The van der Waals surface area contributed by atoms with Crippen LogP contribution in [0.25, 0.3) is 10.1 Å². The number of benzene rings is 1. The molecular weight excluding hydrogens is 280 g/mol. The van der Waals surface area contributed by atoms with Crippen molar-refractivity contribution in [3.63, 3.8) is 0 Å². The van der Waals surface area contributed by atoms with Gasteiger partial charge in [0.15, 0.2) is 0 Å². The lowest BCUT2D eigenvalue weighted by Gasteiger charge is -2.04. The summed E-state index contributed by atoms with van der Waals surface area (Å²) in [5, 5.41) is 7.96. The lowest BCUT2D eigenvalue weighted by atomic mass is 10.2. The largest absolute Gasteiger partial charge is 0.356 e. The second-order valence-electron chi connectivity index (χ2n) is 4.22. The topological polar surface area (TPSA) is 41.1 Å². The number of halogens is 1. The average Bonchev–Trinajstić information content (AvgIpc) is 2.73. The molecule has 0 radical (unpaired) electrons. The first-order valence-corrected chi connectivity index (χ1v) is 7.55. The Morgan fingerprint density at radius 3 is 2.89 bits per heavy atom. The lowest BCUT2D eigenvalue weighted by Crippen LogP contribution is -2.27. The maximum atomic E-state index is 11.3. The molecule has 5 heteroatoms. The fraction of sp³-hybridized carbons (Fsp3) is 0.357. The molecule has 0 unspecified atom stereocenters. The normalized spacial score (nSPS) is 10.8. The van der Waals surface area contributed by atoms with Gasteiger partial charge in [-0.05, 0) is 13.0 Å². The summed E-state index contributed by atoms with van der Waals surface area (Å²) < 4.78 is 1.20. The van der Waals surface area contributed by atoms with Gasteiger partial charge in [0.05, 0.1) is 5.02 Å². The van der Waals surface area contributed by atoms with Crippen molar-refractivity contribution in [1.82, 2.24) is 10.6 Å². The van der Waals surface area contributed by atoms with Gasteiger partial charge in [-0.15, -0.1) is 11.3 Å². The Hall–Kier alpha value is -1.10.